The number of nitrogens with one attached hydrogen (secondary N) is 1. The fraction of sp³-hybridized carbons (Fsp3) is 0.400. The maximum absolute atomic E-state index is 11.0. The second-order valence-corrected chi connectivity index (χ2v) is 6.49. The molecule has 1 heterocycles. The number of aromatic nitrogens is 1. The molecule has 0 spiro atoms. The zero-order chi connectivity index (χ0) is 13.6. The standard InChI is InChI=1S/C15H16BrNO2/c1-9-11(7-15(5-6-15)8-13(18)19)10-3-2-4-12(16)14(10)17-9/h2-4,17H,5-8H2,1H3,(H,18,19). The minimum Gasteiger partial charge on any atom is -0.481 e. The Bertz CT molecular complexity index is 655. The SMILES string of the molecule is Cc1[nH]c2c(Br)cccc2c1CC1(CC(=O)O)CC1. The number of hydrogen-bond acceptors (Lipinski definition) is 1. The van der Waals surface area contributed by atoms with Crippen LogP contribution in [0.15, 0.2) is 22.7 Å². The molecule has 1 fully saturated rings. The van der Waals surface area contributed by atoms with Gasteiger partial charge in [-0.25, -0.2) is 0 Å². The highest BCUT2D eigenvalue weighted by molar-refractivity contribution is 9.10. The molecule has 2 aromatic rings. The molecule has 0 saturated heterocycles. The maximum atomic E-state index is 11.0. The number of aliphatic carboxylic acids is 1. The van der Waals surface area contributed by atoms with Crippen molar-refractivity contribution in [3.05, 3.63) is 33.9 Å². The number of aromatic amines is 1. The van der Waals surface area contributed by atoms with Crippen molar-refractivity contribution in [3.8, 4) is 0 Å². The van der Waals surface area contributed by atoms with Crippen molar-refractivity contribution in [2.24, 2.45) is 5.41 Å². The zero-order valence-electron chi connectivity index (χ0n) is 10.8. The number of carbonyl (C=O) groups is 1. The molecule has 0 radical (unpaired) electrons. The number of H-pyrrole nitrogens is 1. The molecule has 0 atom stereocenters. The summed E-state index contributed by atoms with van der Waals surface area (Å²) in [5.74, 6) is -0.684. The molecule has 1 aliphatic carbocycles. The van der Waals surface area contributed by atoms with Gasteiger partial charge in [0.05, 0.1) is 11.9 Å². The Labute approximate surface area is 120 Å². The fourth-order valence-corrected chi connectivity index (χ4v) is 3.35. The second-order valence-electron chi connectivity index (χ2n) is 5.64. The summed E-state index contributed by atoms with van der Waals surface area (Å²) in [6.07, 6.45) is 3.20. The van der Waals surface area contributed by atoms with Gasteiger partial charge in [-0.05, 0) is 59.2 Å². The van der Waals surface area contributed by atoms with Crippen LogP contribution < -0.4 is 0 Å². The lowest BCUT2D eigenvalue weighted by atomic mass is 9.91. The lowest BCUT2D eigenvalue weighted by Gasteiger charge is -2.12. The average molecular weight is 322 g/mol. The monoisotopic (exact) mass is 321 g/mol. The second kappa shape index (κ2) is 4.37. The van der Waals surface area contributed by atoms with Gasteiger partial charge in [-0.1, -0.05) is 12.1 Å². The Balaban J connectivity index is 1.99. The molecule has 0 aliphatic heterocycles. The van der Waals surface area contributed by atoms with E-state index < -0.39 is 5.97 Å². The van der Waals surface area contributed by atoms with Gasteiger partial charge < -0.3 is 10.1 Å². The van der Waals surface area contributed by atoms with Crippen molar-refractivity contribution in [3.63, 3.8) is 0 Å². The van der Waals surface area contributed by atoms with E-state index in [2.05, 4.69) is 33.9 Å². The molecular weight excluding hydrogens is 306 g/mol. The minimum absolute atomic E-state index is 0.00592. The molecule has 3 nitrogen and oxygen atoms in total. The van der Waals surface area contributed by atoms with Gasteiger partial charge in [0.1, 0.15) is 0 Å². The number of carboxylic acids is 1. The Hall–Kier alpha value is -1.29. The number of para-hydroxylation sites is 1. The van der Waals surface area contributed by atoms with E-state index in [1.807, 2.05) is 12.1 Å². The van der Waals surface area contributed by atoms with E-state index in [0.29, 0.717) is 0 Å². The molecule has 1 aliphatic rings. The average Bonchev–Trinajstić information content (AvgIpc) is 3.00. The number of halogens is 1. The number of aryl methyl sites for hydroxylation is 1. The van der Waals surface area contributed by atoms with E-state index in [4.69, 9.17) is 5.11 Å². The maximum Gasteiger partial charge on any atom is 0.303 e. The van der Waals surface area contributed by atoms with E-state index in [1.165, 1.54) is 10.9 Å². The number of benzene rings is 1. The Kier molecular flexibility index (Phi) is 2.93. The van der Waals surface area contributed by atoms with Crippen molar-refractivity contribution in [1.82, 2.24) is 4.98 Å². The lowest BCUT2D eigenvalue weighted by molar-refractivity contribution is -0.138. The van der Waals surface area contributed by atoms with Crippen LogP contribution >= 0.6 is 15.9 Å². The highest BCUT2D eigenvalue weighted by Gasteiger charge is 2.44. The Morgan fingerprint density at radius 3 is 2.84 bits per heavy atom. The number of carboxylic acid groups (broad SMARTS) is 1. The summed E-state index contributed by atoms with van der Waals surface area (Å²) >= 11 is 3.55. The quantitative estimate of drug-likeness (QED) is 0.893. The van der Waals surface area contributed by atoms with Crippen LogP contribution in [0.1, 0.15) is 30.5 Å². The molecule has 1 aromatic carbocycles. The van der Waals surface area contributed by atoms with Crippen LogP contribution in [0.5, 0.6) is 0 Å². The molecular formula is C15H16BrNO2. The van der Waals surface area contributed by atoms with Crippen molar-refractivity contribution >= 4 is 32.8 Å². The molecule has 4 heteroatoms. The van der Waals surface area contributed by atoms with E-state index >= 15 is 0 Å². The first kappa shape index (κ1) is 12.7. The van der Waals surface area contributed by atoms with Gasteiger partial charge in [0.2, 0.25) is 0 Å². The molecule has 3 rings (SSSR count). The van der Waals surface area contributed by atoms with Gasteiger partial charge in [0.25, 0.3) is 0 Å². The van der Waals surface area contributed by atoms with Gasteiger partial charge in [-0.3, -0.25) is 4.79 Å². The molecule has 100 valence electrons. The minimum atomic E-state index is -0.684. The topological polar surface area (TPSA) is 53.1 Å². The molecule has 2 N–H and O–H groups in total. The first-order valence-electron chi connectivity index (χ1n) is 6.48. The zero-order valence-corrected chi connectivity index (χ0v) is 12.4. The van der Waals surface area contributed by atoms with Gasteiger partial charge in [-0.15, -0.1) is 0 Å². The number of hydrogen-bond donors (Lipinski definition) is 2. The van der Waals surface area contributed by atoms with Crippen molar-refractivity contribution in [1.29, 1.82) is 0 Å². The molecule has 0 bridgehead atoms. The van der Waals surface area contributed by atoms with Crippen LogP contribution in [0.25, 0.3) is 10.9 Å². The van der Waals surface area contributed by atoms with Gasteiger partial charge in [0, 0.05) is 15.6 Å². The lowest BCUT2D eigenvalue weighted by Crippen LogP contribution is -2.11. The Morgan fingerprint density at radius 2 is 2.21 bits per heavy atom. The first-order valence-corrected chi connectivity index (χ1v) is 7.28. The summed E-state index contributed by atoms with van der Waals surface area (Å²) in [5.41, 5.74) is 3.53. The predicted octanol–water partition coefficient (Wildman–Crippen LogP) is 4.04. The van der Waals surface area contributed by atoms with Crippen molar-refractivity contribution < 1.29 is 9.90 Å². The van der Waals surface area contributed by atoms with Crippen LogP contribution in [0.2, 0.25) is 0 Å². The third-order valence-electron chi connectivity index (χ3n) is 4.14. The highest BCUT2D eigenvalue weighted by Crippen LogP contribution is 2.52. The fourth-order valence-electron chi connectivity index (χ4n) is 2.88. The van der Waals surface area contributed by atoms with Gasteiger partial charge in [-0.2, -0.15) is 0 Å². The molecule has 0 unspecified atom stereocenters. The summed E-state index contributed by atoms with van der Waals surface area (Å²) in [5, 5.41) is 10.2. The largest absolute Gasteiger partial charge is 0.481 e. The van der Waals surface area contributed by atoms with Gasteiger partial charge >= 0.3 is 5.97 Å². The summed E-state index contributed by atoms with van der Waals surface area (Å²) < 4.78 is 1.06. The van der Waals surface area contributed by atoms with E-state index in [0.717, 1.165) is 34.9 Å². The molecule has 0 amide bonds. The van der Waals surface area contributed by atoms with Crippen LogP contribution in [0, 0.1) is 12.3 Å². The third-order valence-corrected chi connectivity index (χ3v) is 4.80. The van der Waals surface area contributed by atoms with Crippen LogP contribution in [0.3, 0.4) is 0 Å². The third kappa shape index (κ3) is 2.29. The predicted molar refractivity (Wildman–Crippen MR) is 78.4 cm³/mol. The Morgan fingerprint density at radius 1 is 1.47 bits per heavy atom. The summed E-state index contributed by atoms with van der Waals surface area (Å²) in [4.78, 5) is 14.4. The van der Waals surface area contributed by atoms with Gasteiger partial charge in [0.15, 0.2) is 0 Å². The van der Waals surface area contributed by atoms with Crippen LogP contribution in [-0.4, -0.2) is 16.1 Å². The summed E-state index contributed by atoms with van der Waals surface area (Å²) in [7, 11) is 0. The van der Waals surface area contributed by atoms with Crippen LogP contribution in [0.4, 0.5) is 0 Å². The highest BCUT2D eigenvalue weighted by atomic mass is 79.9. The first-order chi connectivity index (χ1) is 9.01. The van der Waals surface area contributed by atoms with Crippen molar-refractivity contribution in [2.75, 3.05) is 0 Å². The van der Waals surface area contributed by atoms with E-state index in [-0.39, 0.29) is 11.8 Å². The number of fused-ring (bicyclic) bond motifs is 1. The summed E-state index contributed by atoms with van der Waals surface area (Å²) in [6.45, 7) is 2.07. The van der Waals surface area contributed by atoms with E-state index in [9.17, 15) is 4.79 Å². The molecule has 19 heavy (non-hydrogen) atoms. The van der Waals surface area contributed by atoms with E-state index in [1.54, 1.807) is 0 Å². The molecule has 1 saturated carbocycles. The smallest absolute Gasteiger partial charge is 0.303 e. The molecule has 1 aromatic heterocycles. The van der Waals surface area contributed by atoms with Crippen molar-refractivity contribution in [2.45, 2.75) is 32.6 Å². The van der Waals surface area contributed by atoms with Crippen LogP contribution in [-0.2, 0) is 11.2 Å². The number of rotatable bonds is 4. The normalized spacial score (nSPS) is 16.7. The summed E-state index contributed by atoms with van der Waals surface area (Å²) in [6, 6.07) is 6.15.